The number of rotatable bonds is 23. The second-order valence-corrected chi connectivity index (χ2v) is 11.4. The van der Waals surface area contributed by atoms with Crippen LogP contribution in [-0.4, -0.2) is 47.7 Å². The van der Waals surface area contributed by atoms with Gasteiger partial charge in [-0.05, 0) is 32.9 Å². The van der Waals surface area contributed by atoms with E-state index in [0.717, 1.165) is 24.5 Å². The van der Waals surface area contributed by atoms with Crippen molar-refractivity contribution in [1.82, 2.24) is 4.90 Å². The van der Waals surface area contributed by atoms with Crippen molar-refractivity contribution in [1.29, 1.82) is 0 Å². The van der Waals surface area contributed by atoms with Gasteiger partial charge in [0, 0.05) is 24.1 Å². The number of oxime groups is 1. The van der Waals surface area contributed by atoms with E-state index < -0.39 is 0 Å². The minimum Gasteiger partial charge on any atom is -0.411 e. The van der Waals surface area contributed by atoms with Crippen LogP contribution in [0, 0.1) is 5.41 Å². The first-order chi connectivity index (χ1) is 16.3. The van der Waals surface area contributed by atoms with E-state index in [4.69, 9.17) is 4.99 Å². The molecular formula is C30H61N3O. The van der Waals surface area contributed by atoms with Gasteiger partial charge in [0.1, 0.15) is 0 Å². The molecule has 0 amide bonds. The van der Waals surface area contributed by atoms with Crippen molar-refractivity contribution in [2.75, 3.05) is 26.2 Å². The molecule has 0 aliphatic carbocycles. The summed E-state index contributed by atoms with van der Waals surface area (Å²) in [7, 11) is 0. The molecule has 0 aromatic rings. The Morgan fingerprint density at radius 3 is 1.44 bits per heavy atom. The molecule has 0 aromatic carbocycles. The van der Waals surface area contributed by atoms with Crippen molar-refractivity contribution < 1.29 is 5.21 Å². The molecule has 1 N–H and O–H groups in total. The second kappa shape index (κ2) is 22.6. The van der Waals surface area contributed by atoms with Gasteiger partial charge in [-0.1, -0.05) is 130 Å². The molecule has 0 heterocycles. The maximum Gasteiger partial charge on any atom is 0.0679 e. The second-order valence-electron chi connectivity index (χ2n) is 11.4. The summed E-state index contributed by atoms with van der Waals surface area (Å²) in [5.74, 6) is 0. The zero-order chi connectivity index (χ0) is 25.5. The predicted octanol–water partition coefficient (Wildman–Crippen LogP) is 9.30. The Labute approximate surface area is 214 Å². The maximum absolute atomic E-state index is 9.35. The zero-order valence-electron chi connectivity index (χ0n) is 24.1. The SMILES string of the molecule is CCCCCCCCCCN(CCCCCCCCCC)CCN=C(C)CC(=NO)C(C)(C)C. The summed E-state index contributed by atoms with van der Waals surface area (Å²) < 4.78 is 0. The third-order valence-corrected chi connectivity index (χ3v) is 6.86. The third-order valence-electron chi connectivity index (χ3n) is 6.86. The molecule has 0 bridgehead atoms. The molecule has 0 aliphatic heterocycles. The van der Waals surface area contributed by atoms with Crippen LogP contribution in [0.3, 0.4) is 0 Å². The highest BCUT2D eigenvalue weighted by Crippen LogP contribution is 2.19. The Kier molecular flexibility index (Phi) is 22.0. The van der Waals surface area contributed by atoms with Gasteiger partial charge in [-0.3, -0.25) is 4.99 Å². The van der Waals surface area contributed by atoms with Gasteiger partial charge in [-0.2, -0.15) is 0 Å². The number of hydrogen-bond donors (Lipinski definition) is 1. The summed E-state index contributed by atoms with van der Waals surface area (Å²) in [6.45, 7) is 17.2. The molecule has 0 atom stereocenters. The Hall–Kier alpha value is -0.900. The van der Waals surface area contributed by atoms with Crippen LogP contribution >= 0.6 is 0 Å². The highest BCUT2D eigenvalue weighted by Gasteiger charge is 2.20. The normalized spacial score (nSPS) is 13.3. The van der Waals surface area contributed by atoms with Crippen molar-refractivity contribution in [3.63, 3.8) is 0 Å². The van der Waals surface area contributed by atoms with Gasteiger partial charge in [0.25, 0.3) is 0 Å². The fraction of sp³-hybridized carbons (Fsp3) is 0.933. The first kappa shape index (κ1) is 33.1. The topological polar surface area (TPSA) is 48.2 Å². The van der Waals surface area contributed by atoms with Crippen LogP contribution in [0.4, 0.5) is 0 Å². The average Bonchev–Trinajstić information content (AvgIpc) is 2.79. The quantitative estimate of drug-likeness (QED) is 0.0686. The molecule has 0 unspecified atom stereocenters. The number of nitrogens with zero attached hydrogens (tertiary/aromatic N) is 3. The fourth-order valence-corrected chi connectivity index (χ4v) is 4.41. The first-order valence-corrected chi connectivity index (χ1v) is 14.8. The van der Waals surface area contributed by atoms with Crippen LogP contribution < -0.4 is 0 Å². The fourth-order valence-electron chi connectivity index (χ4n) is 4.41. The Morgan fingerprint density at radius 1 is 0.647 bits per heavy atom. The monoisotopic (exact) mass is 479 g/mol. The van der Waals surface area contributed by atoms with E-state index in [1.54, 1.807) is 0 Å². The summed E-state index contributed by atoms with van der Waals surface area (Å²) in [6.07, 6.45) is 22.7. The largest absolute Gasteiger partial charge is 0.411 e. The molecule has 0 saturated heterocycles. The Bertz CT molecular complexity index is 488. The summed E-state index contributed by atoms with van der Waals surface area (Å²) in [4.78, 5) is 7.47. The molecule has 4 nitrogen and oxygen atoms in total. The summed E-state index contributed by atoms with van der Waals surface area (Å²) in [5.41, 5.74) is 1.76. The van der Waals surface area contributed by atoms with Gasteiger partial charge in [-0.25, -0.2) is 0 Å². The molecule has 4 heteroatoms. The molecule has 0 fully saturated rings. The van der Waals surface area contributed by atoms with Crippen LogP contribution in [0.15, 0.2) is 10.1 Å². The minimum atomic E-state index is -0.120. The molecular weight excluding hydrogens is 418 g/mol. The number of unbranched alkanes of at least 4 members (excludes halogenated alkanes) is 14. The maximum atomic E-state index is 9.35. The van der Waals surface area contributed by atoms with Crippen molar-refractivity contribution in [3.05, 3.63) is 0 Å². The van der Waals surface area contributed by atoms with Crippen LogP contribution in [0.2, 0.25) is 0 Å². The van der Waals surface area contributed by atoms with E-state index in [1.807, 2.05) is 0 Å². The van der Waals surface area contributed by atoms with Gasteiger partial charge >= 0.3 is 0 Å². The van der Waals surface area contributed by atoms with Gasteiger partial charge < -0.3 is 10.1 Å². The van der Waals surface area contributed by atoms with Crippen molar-refractivity contribution in [3.8, 4) is 0 Å². The zero-order valence-corrected chi connectivity index (χ0v) is 24.1. The predicted molar refractivity (Wildman–Crippen MR) is 153 cm³/mol. The van der Waals surface area contributed by atoms with Gasteiger partial charge in [0.2, 0.25) is 0 Å². The summed E-state index contributed by atoms with van der Waals surface area (Å²) in [5, 5.41) is 12.9. The third kappa shape index (κ3) is 20.5. The molecule has 0 radical (unpaired) electrons. The highest BCUT2D eigenvalue weighted by atomic mass is 16.4. The molecule has 0 saturated carbocycles. The van der Waals surface area contributed by atoms with Crippen LogP contribution in [0.25, 0.3) is 0 Å². The lowest BCUT2D eigenvalue weighted by Gasteiger charge is -2.22. The molecule has 0 spiro atoms. The van der Waals surface area contributed by atoms with E-state index >= 15 is 0 Å². The van der Waals surface area contributed by atoms with Crippen LogP contribution in [-0.2, 0) is 0 Å². The molecule has 0 aliphatic rings. The lowest BCUT2D eigenvalue weighted by Crippen LogP contribution is -2.29. The van der Waals surface area contributed by atoms with E-state index in [-0.39, 0.29) is 5.41 Å². The lowest BCUT2D eigenvalue weighted by molar-refractivity contribution is 0.267. The highest BCUT2D eigenvalue weighted by molar-refractivity contribution is 6.05. The standard InChI is InChI=1S/C30H61N3O/c1-7-9-11-13-15-17-19-21-24-33(25-22-20-18-16-14-12-10-8-2)26-23-31-28(3)27-29(32-34)30(4,5)6/h34H,7-27H2,1-6H3. The molecule has 202 valence electrons. The van der Waals surface area contributed by atoms with E-state index in [2.05, 4.69) is 51.6 Å². The lowest BCUT2D eigenvalue weighted by atomic mass is 9.87. The average molecular weight is 480 g/mol. The molecule has 0 aromatic heterocycles. The van der Waals surface area contributed by atoms with Crippen molar-refractivity contribution >= 4 is 11.4 Å². The van der Waals surface area contributed by atoms with Crippen molar-refractivity contribution in [2.45, 2.75) is 151 Å². The molecule has 0 rings (SSSR count). The smallest absolute Gasteiger partial charge is 0.0679 e. The van der Waals surface area contributed by atoms with E-state index in [0.29, 0.717) is 6.42 Å². The Morgan fingerprint density at radius 2 is 1.06 bits per heavy atom. The summed E-state index contributed by atoms with van der Waals surface area (Å²) in [6, 6.07) is 0. The van der Waals surface area contributed by atoms with Gasteiger partial charge in [0.15, 0.2) is 0 Å². The minimum absolute atomic E-state index is 0.120. The van der Waals surface area contributed by atoms with Crippen molar-refractivity contribution in [2.24, 2.45) is 15.6 Å². The van der Waals surface area contributed by atoms with Crippen LogP contribution in [0.1, 0.15) is 151 Å². The van der Waals surface area contributed by atoms with E-state index in [1.165, 1.54) is 116 Å². The van der Waals surface area contributed by atoms with E-state index in [9.17, 15) is 5.21 Å². The van der Waals surface area contributed by atoms with Crippen LogP contribution in [0.5, 0.6) is 0 Å². The van der Waals surface area contributed by atoms with Gasteiger partial charge in [-0.15, -0.1) is 0 Å². The van der Waals surface area contributed by atoms with Gasteiger partial charge in [0.05, 0.1) is 12.3 Å². The summed E-state index contributed by atoms with van der Waals surface area (Å²) >= 11 is 0. The number of aliphatic imine (C=N–C) groups is 1. The number of hydrogen-bond acceptors (Lipinski definition) is 4. The molecule has 34 heavy (non-hydrogen) atoms. The first-order valence-electron chi connectivity index (χ1n) is 14.8. The Balaban J connectivity index is 4.37.